The molecule has 1 unspecified atom stereocenters. The van der Waals surface area contributed by atoms with E-state index < -0.39 is 8.07 Å². The molecule has 1 heterocycles. The Morgan fingerprint density at radius 1 is 1.07 bits per heavy atom. The second-order valence-corrected chi connectivity index (χ2v) is 17.1. The van der Waals surface area contributed by atoms with Crippen molar-refractivity contribution in [3.8, 4) is 11.5 Å². The highest BCUT2D eigenvalue weighted by Crippen LogP contribution is 2.47. The summed E-state index contributed by atoms with van der Waals surface area (Å²) in [7, 11) is 1.10. The molecule has 1 aliphatic heterocycles. The summed E-state index contributed by atoms with van der Waals surface area (Å²) in [5, 5.41) is 11.1. The lowest BCUT2D eigenvalue weighted by molar-refractivity contribution is -0.133. The zero-order valence-electron chi connectivity index (χ0n) is 24.0. The van der Waals surface area contributed by atoms with Crippen molar-refractivity contribution in [1.82, 2.24) is 4.90 Å². The average molecular weight is 674 g/mol. The fourth-order valence-electron chi connectivity index (χ4n) is 5.90. The van der Waals surface area contributed by atoms with Crippen LogP contribution in [0.15, 0.2) is 72.8 Å². The minimum absolute atomic E-state index is 0.0233. The summed E-state index contributed by atoms with van der Waals surface area (Å²) in [6.07, 6.45) is -0.0408. The largest absolute Gasteiger partial charge is 0.497 e. The highest BCUT2D eigenvalue weighted by atomic mass is 127. The van der Waals surface area contributed by atoms with Crippen molar-refractivity contribution in [1.29, 1.82) is 0 Å². The van der Waals surface area contributed by atoms with Crippen LogP contribution in [-0.2, 0) is 16.1 Å². The van der Waals surface area contributed by atoms with Crippen molar-refractivity contribution in [2.75, 3.05) is 27.4 Å². The normalized spacial score (nSPS) is 19.3. The van der Waals surface area contributed by atoms with Crippen LogP contribution in [0.5, 0.6) is 11.5 Å². The second kappa shape index (κ2) is 13.5. The molecule has 1 amide bonds. The van der Waals surface area contributed by atoms with Crippen molar-refractivity contribution in [2.24, 2.45) is 5.92 Å². The predicted molar refractivity (Wildman–Crippen MR) is 170 cm³/mol. The third kappa shape index (κ3) is 6.73. The van der Waals surface area contributed by atoms with Gasteiger partial charge in [-0.25, -0.2) is 0 Å². The average Bonchev–Trinajstić information content (AvgIpc) is 2.96. The first-order valence-electron chi connectivity index (χ1n) is 13.8. The van der Waals surface area contributed by atoms with Gasteiger partial charge in [-0.1, -0.05) is 67.7 Å². The number of fused-ring (bicyclic) bond motifs is 1. The first-order valence-corrected chi connectivity index (χ1v) is 17.9. The van der Waals surface area contributed by atoms with Gasteiger partial charge >= 0.3 is 0 Å². The van der Waals surface area contributed by atoms with Gasteiger partial charge in [0.1, 0.15) is 17.6 Å². The van der Waals surface area contributed by atoms with Gasteiger partial charge in [0.05, 0.1) is 27.9 Å². The summed E-state index contributed by atoms with van der Waals surface area (Å²) < 4.78 is 19.4. The molecule has 0 radical (unpaired) electrons. The number of hydrogen-bond acceptors (Lipinski definition) is 5. The number of nitrogens with zero attached hydrogens (tertiary/aromatic N) is 1. The molecule has 6 nitrogen and oxygen atoms in total. The molecule has 1 aliphatic rings. The van der Waals surface area contributed by atoms with Crippen LogP contribution in [0.3, 0.4) is 0 Å². The molecule has 4 rings (SSSR count). The van der Waals surface area contributed by atoms with Gasteiger partial charge in [-0.15, -0.1) is 0 Å². The van der Waals surface area contributed by atoms with Gasteiger partial charge in [-0.3, -0.25) is 4.79 Å². The fraction of sp³-hybridized carbons (Fsp3) is 0.406. The quantitative estimate of drug-likeness (QED) is 0.207. The highest BCUT2D eigenvalue weighted by molar-refractivity contribution is 14.1. The Bertz CT molecular complexity index is 1270. The summed E-state index contributed by atoms with van der Waals surface area (Å²) in [5.74, 6) is 1.68. The van der Waals surface area contributed by atoms with E-state index in [0.29, 0.717) is 13.0 Å². The fourth-order valence-corrected chi connectivity index (χ4v) is 9.75. The van der Waals surface area contributed by atoms with E-state index in [2.05, 4.69) is 60.8 Å². The number of halogens is 1. The van der Waals surface area contributed by atoms with Crippen LogP contribution in [-0.4, -0.2) is 57.5 Å². The van der Waals surface area contributed by atoms with Gasteiger partial charge in [0.15, 0.2) is 0 Å². The number of aliphatic hydroxyl groups excluding tert-OH is 1. The monoisotopic (exact) mass is 673 g/mol. The maximum absolute atomic E-state index is 14.0. The van der Waals surface area contributed by atoms with E-state index in [4.69, 9.17) is 14.2 Å². The van der Waals surface area contributed by atoms with Gasteiger partial charge in [0.2, 0.25) is 5.91 Å². The Morgan fingerprint density at radius 2 is 1.77 bits per heavy atom. The summed E-state index contributed by atoms with van der Waals surface area (Å²) in [6.45, 7) is 7.47. The smallest absolute Gasteiger partial charge is 0.223 e. The molecule has 4 atom stereocenters. The van der Waals surface area contributed by atoms with Crippen molar-refractivity contribution < 1.29 is 24.1 Å². The van der Waals surface area contributed by atoms with E-state index in [-0.39, 0.29) is 42.7 Å². The standard InChI is InChI=1S/C32H40INO5Si/c1-22-31(38-3)27-19-24(33)11-16-28(27)39-32(22)29(40(4,5)26-14-12-25(37-2)13-15-26)20-30(36)34(17-18-35)21-23-9-7-6-8-10-23/h6-16,19,22,29,31-32,35H,17-18,20-21H2,1-5H3/t22-,29?,31-,32-/m0/s1. The van der Waals surface area contributed by atoms with Crippen LogP contribution in [0.2, 0.25) is 18.6 Å². The molecule has 0 aromatic heterocycles. The highest BCUT2D eigenvalue weighted by Gasteiger charge is 2.48. The number of aliphatic hydroxyl groups is 1. The summed E-state index contributed by atoms with van der Waals surface area (Å²) in [4.78, 5) is 15.8. The third-order valence-corrected chi connectivity index (χ3v) is 13.2. The number of methoxy groups -OCH3 is 2. The third-order valence-electron chi connectivity index (χ3n) is 8.28. The molecule has 3 aromatic carbocycles. The first-order chi connectivity index (χ1) is 19.2. The maximum atomic E-state index is 14.0. The topological polar surface area (TPSA) is 68.2 Å². The molecule has 8 heteroatoms. The lowest BCUT2D eigenvalue weighted by Crippen LogP contribution is -2.55. The van der Waals surface area contributed by atoms with E-state index in [1.807, 2.05) is 54.6 Å². The number of rotatable bonds is 11. The Kier molecular flexibility index (Phi) is 10.3. The Labute approximate surface area is 252 Å². The number of benzene rings is 3. The summed E-state index contributed by atoms with van der Waals surface area (Å²) in [6, 6.07) is 24.4. The van der Waals surface area contributed by atoms with Crippen LogP contribution in [0.4, 0.5) is 0 Å². The van der Waals surface area contributed by atoms with Crippen molar-refractivity contribution in [3.05, 3.63) is 87.5 Å². The summed E-state index contributed by atoms with van der Waals surface area (Å²) >= 11 is 2.32. The van der Waals surface area contributed by atoms with Gasteiger partial charge in [0, 0.05) is 47.2 Å². The zero-order chi connectivity index (χ0) is 28.9. The molecule has 0 aliphatic carbocycles. The van der Waals surface area contributed by atoms with E-state index in [0.717, 1.165) is 26.2 Å². The van der Waals surface area contributed by atoms with Crippen LogP contribution >= 0.6 is 22.6 Å². The van der Waals surface area contributed by atoms with Crippen LogP contribution in [0.25, 0.3) is 0 Å². The lowest BCUT2D eigenvalue weighted by Gasteiger charge is -2.46. The maximum Gasteiger partial charge on any atom is 0.223 e. The minimum atomic E-state index is -2.32. The molecular formula is C32H40INO5Si. The second-order valence-electron chi connectivity index (χ2n) is 11.1. The first kappa shape index (κ1) is 30.6. The molecule has 0 saturated carbocycles. The van der Waals surface area contributed by atoms with Crippen LogP contribution in [0.1, 0.15) is 30.6 Å². The van der Waals surface area contributed by atoms with Crippen molar-refractivity contribution >= 4 is 41.8 Å². The molecule has 1 N–H and O–H groups in total. The number of ether oxygens (including phenoxy) is 3. The molecule has 0 saturated heterocycles. The number of amides is 1. The van der Waals surface area contributed by atoms with Gasteiger partial charge in [-0.05, 0) is 58.5 Å². The number of carbonyl (C=O) groups is 1. The molecule has 3 aromatic rings. The Hall–Kier alpha value is -2.40. The molecular weight excluding hydrogens is 633 g/mol. The van der Waals surface area contributed by atoms with E-state index >= 15 is 0 Å². The van der Waals surface area contributed by atoms with E-state index in [1.54, 1.807) is 19.1 Å². The van der Waals surface area contributed by atoms with Gasteiger partial charge in [0.25, 0.3) is 0 Å². The van der Waals surface area contributed by atoms with Crippen LogP contribution < -0.4 is 14.7 Å². The molecule has 0 spiro atoms. The Morgan fingerprint density at radius 3 is 2.40 bits per heavy atom. The van der Waals surface area contributed by atoms with Crippen molar-refractivity contribution in [2.45, 2.75) is 50.7 Å². The van der Waals surface area contributed by atoms with Crippen molar-refractivity contribution in [3.63, 3.8) is 0 Å². The summed E-state index contributed by atoms with van der Waals surface area (Å²) in [5.41, 5.74) is 2.04. The molecule has 40 heavy (non-hydrogen) atoms. The number of carbonyl (C=O) groups excluding carboxylic acids is 1. The van der Waals surface area contributed by atoms with Crippen LogP contribution in [0, 0.1) is 9.49 Å². The Balaban J connectivity index is 1.73. The predicted octanol–water partition coefficient (Wildman–Crippen LogP) is 5.78. The SMILES string of the molecule is COc1ccc([Si](C)(C)C(CC(=O)N(CCO)Cc2ccccc2)[C@H]2Oc3ccc(I)cc3[C@@H](OC)[C@@H]2C)cc1. The molecule has 0 fully saturated rings. The lowest BCUT2D eigenvalue weighted by atomic mass is 9.86. The minimum Gasteiger partial charge on any atom is -0.497 e. The van der Waals surface area contributed by atoms with E-state index in [1.165, 1.54) is 5.19 Å². The van der Waals surface area contributed by atoms with E-state index in [9.17, 15) is 9.90 Å². The molecule has 214 valence electrons. The number of hydrogen-bond donors (Lipinski definition) is 1. The van der Waals surface area contributed by atoms with Gasteiger partial charge in [-0.2, -0.15) is 0 Å². The van der Waals surface area contributed by atoms with Gasteiger partial charge < -0.3 is 24.2 Å². The zero-order valence-corrected chi connectivity index (χ0v) is 27.1. The molecule has 0 bridgehead atoms.